The standard InChI is InChI=1S/C18H17BrCl3NO2/c1-18(2,3)10-4-5-16(11(19)6-10)25-9-17(24)23-15-8-13(21)12(20)7-14(15)22/h4-8H,9H2,1-3H3,(H,23,24). The molecule has 2 rings (SSSR count). The molecule has 3 nitrogen and oxygen atoms in total. The quantitative estimate of drug-likeness (QED) is 0.509. The van der Waals surface area contributed by atoms with E-state index in [4.69, 9.17) is 39.5 Å². The van der Waals surface area contributed by atoms with Crippen molar-refractivity contribution in [2.24, 2.45) is 0 Å². The molecule has 0 atom stereocenters. The normalized spacial score (nSPS) is 11.3. The number of rotatable bonds is 4. The van der Waals surface area contributed by atoms with Gasteiger partial charge in [-0.25, -0.2) is 0 Å². The lowest BCUT2D eigenvalue weighted by molar-refractivity contribution is -0.118. The minimum Gasteiger partial charge on any atom is -0.483 e. The van der Waals surface area contributed by atoms with Crippen molar-refractivity contribution in [3.8, 4) is 5.75 Å². The summed E-state index contributed by atoms with van der Waals surface area (Å²) >= 11 is 21.3. The summed E-state index contributed by atoms with van der Waals surface area (Å²) in [5.74, 6) is 0.232. The number of hydrogen-bond acceptors (Lipinski definition) is 2. The molecule has 0 saturated heterocycles. The van der Waals surface area contributed by atoms with Gasteiger partial charge in [0.15, 0.2) is 6.61 Å². The fraction of sp³-hybridized carbons (Fsp3) is 0.278. The molecule has 0 aliphatic rings. The second-order valence-electron chi connectivity index (χ2n) is 6.48. The van der Waals surface area contributed by atoms with Crippen LogP contribution in [0.15, 0.2) is 34.8 Å². The predicted octanol–water partition coefficient (Wildman–Crippen LogP) is 6.72. The third kappa shape index (κ3) is 5.52. The molecule has 1 amide bonds. The summed E-state index contributed by atoms with van der Waals surface area (Å²) in [5.41, 5.74) is 1.58. The highest BCUT2D eigenvalue weighted by Crippen LogP contribution is 2.33. The van der Waals surface area contributed by atoms with Gasteiger partial charge in [-0.2, -0.15) is 0 Å². The first kappa shape index (κ1) is 20.4. The van der Waals surface area contributed by atoms with E-state index in [1.807, 2.05) is 18.2 Å². The van der Waals surface area contributed by atoms with E-state index in [2.05, 4.69) is 42.0 Å². The van der Waals surface area contributed by atoms with Gasteiger partial charge in [0.05, 0.1) is 25.2 Å². The van der Waals surface area contributed by atoms with Crippen molar-refractivity contribution in [3.05, 3.63) is 55.4 Å². The van der Waals surface area contributed by atoms with E-state index in [9.17, 15) is 4.79 Å². The molecule has 1 N–H and O–H groups in total. The lowest BCUT2D eigenvalue weighted by atomic mass is 9.87. The van der Waals surface area contributed by atoms with Crippen molar-refractivity contribution in [1.29, 1.82) is 0 Å². The summed E-state index contributed by atoms with van der Waals surface area (Å²) in [5, 5.41) is 3.58. The largest absolute Gasteiger partial charge is 0.483 e. The number of ether oxygens (including phenoxy) is 1. The second kappa shape index (κ2) is 8.17. The Morgan fingerprint density at radius 3 is 2.32 bits per heavy atom. The molecule has 0 aliphatic carbocycles. The Morgan fingerprint density at radius 1 is 1.08 bits per heavy atom. The third-order valence-electron chi connectivity index (χ3n) is 3.44. The van der Waals surface area contributed by atoms with Crippen molar-refractivity contribution >= 4 is 62.3 Å². The van der Waals surface area contributed by atoms with Crippen molar-refractivity contribution < 1.29 is 9.53 Å². The van der Waals surface area contributed by atoms with E-state index in [1.54, 1.807) is 0 Å². The van der Waals surface area contributed by atoms with Crippen LogP contribution in [0.25, 0.3) is 0 Å². The Hall–Kier alpha value is -0.940. The fourth-order valence-electron chi connectivity index (χ4n) is 2.03. The van der Waals surface area contributed by atoms with Crippen LogP contribution in [0, 0.1) is 0 Å². The first-order chi connectivity index (χ1) is 11.6. The Balaban J connectivity index is 2.02. The van der Waals surface area contributed by atoms with Crippen molar-refractivity contribution in [2.75, 3.05) is 11.9 Å². The smallest absolute Gasteiger partial charge is 0.262 e. The maximum Gasteiger partial charge on any atom is 0.262 e. The fourth-order valence-corrected chi connectivity index (χ4v) is 3.12. The Labute approximate surface area is 170 Å². The van der Waals surface area contributed by atoms with Gasteiger partial charge in [0.2, 0.25) is 0 Å². The third-order valence-corrected chi connectivity index (χ3v) is 5.10. The molecule has 0 radical (unpaired) electrons. The van der Waals surface area contributed by atoms with Crippen molar-refractivity contribution in [1.82, 2.24) is 0 Å². The van der Waals surface area contributed by atoms with Gasteiger partial charge in [-0.3, -0.25) is 4.79 Å². The maximum absolute atomic E-state index is 12.1. The highest BCUT2D eigenvalue weighted by Gasteiger charge is 2.16. The number of anilines is 1. The molecule has 0 saturated carbocycles. The predicted molar refractivity (Wildman–Crippen MR) is 108 cm³/mol. The van der Waals surface area contributed by atoms with E-state index in [0.717, 1.165) is 4.47 Å². The summed E-state index contributed by atoms with van der Waals surface area (Å²) in [6.45, 7) is 6.22. The summed E-state index contributed by atoms with van der Waals surface area (Å²) in [6, 6.07) is 8.78. The zero-order valence-electron chi connectivity index (χ0n) is 13.9. The van der Waals surface area contributed by atoms with Crippen LogP contribution in [0.5, 0.6) is 5.75 Å². The van der Waals surface area contributed by atoms with Crippen LogP contribution in [-0.4, -0.2) is 12.5 Å². The zero-order chi connectivity index (χ0) is 18.8. The van der Waals surface area contributed by atoms with Gasteiger partial charge in [0.25, 0.3) is 5.91 Å². The lowest BCUT2D eigenvalue weighted by Gasteiger charge is -2.20. The average molecular weight is 466 g/mol. The van der Waals surface area contributed by atoms with Gasteiger partial charge in [0.1, 0.15) is 5.75 Å². The van der Waals surface area contributed by atoms with Gasteiger partial charge in [0, 0.05) is 0 Å². The molecular weight excluding hydrogens is 448 g/mol. The van der Waals surface area contributed by atoms with E-state index in [-0.39, 0.29) is 17.9 Å². The van der Waals surface area contributed by atoms with Crippen LogP contribution >= 0.6 is 50.7 Å². The van der Waals surface area contributed by atoms with E-state index >= 15 is 0 Å². The van der Waals surface area contributed by atoms with E-state index in [1.165, 1.54) is 17.7 Å². The molecule has 2 aromatic carbocycles. The monoisotopic (exact) mass is 463 g/mol. The SMILES string of the molecule is CC(C)(C)c1ccc(OCC(=O)Nc2cc(Cl)c(Cl)cc2Cl)c(Br)c1. The average Bonchev–Trinajstić information content (AvgIpc) is 2.50. The molecule has 25 heavy (non-hydrogen) atoms. The number of carbonyl (C=O) groups excluding carboxylic acids is 1. The van der Waals surface area contributed by atoms with Gasteiger partial charge in [-0.05, 0) is 51.2 Å². The molecule has 0 unspecified atom stereocenters. The molecular formula is C18H17BrCl3NO2. The number of halogens is 4. The lowest BCUT2D eigenvalue weighted by Crippen LogP contribution is -2.20. The van der Waals surface area contributed by atoms with Gasteiger partial charge >= 0.3 is 0 Å². The molecule has 0 aromatic heterocycles. The number of hydrogen-bond donors (Lipinski definition) is 1. The van der Waals surface area contributed by atoms with E-state index in [0.29, 0.717) is 26.5 Å². The van der Waals surface area contributed by atoms with Crippen molar-refractivity contribution in [2.45, 2.75) is 26.2 Å². The van der Waals surface area contributed by atoms with Crippen LogP contribution in [0.2, 0.25) is 15.1 Å². The minimum atomic E-state index is -0.355. The number of amides is 1. The highest BCUT2D eigenvalue weighted by atomic mass is 79.9. The molecule has 134 valence electrons. The van der Waals surface area contributed by atoms with Crippen LogP contribution in [-0.2, 0) is 10.2 Å². The van der Waals surface area contributed by atoms with Gasteiger partial charge in [-0.1, -0.05) is 61.6 Å². The summed E-state index contributed by atoms with van der Waals surface area (Å²) in [7, 11) is 0. The molecule has 0 aliphatic heterocycles. The van der Waals surface area contributed by atoms with Crippen LogP contribution in [0.4, 0.5) is 5.69 Å². The second-order valence-corrected chi connectivity index (χ2v) is 8.55. The highest BCUT2D eigenvalue weighted by molar-refractivity contribution is 9.10. The number of nitrogens with one attached hydrogen (secondary N) is 1. The summed E-state index contributed by atoms with van der Waals surface area (Å²) in [6.07, 6.45) is 0. The summed E-state index contributed by atoms with van der Waals surface area (Å²) in [4.78, 5) is 12.1. The van der Waals surface area contributed by atoms with Gasteiger partial charge in [-0.15, -0.1) is 0 Å². The first-order valence-corrected chi connectivity index (χ1v) is 9.38. The topological polar surface area (TPSA) is 38.3 Å². The number of carbonyl (C=O) groups is 1. The molecule has 0 fully saturated rings. The summed E-state index contributed by atoms with van der Waals surface area (Å²) < 4.78 is 6.36. The first-order valence-electron chi connectivity index (χ1n) is 7.45. The van der Waals surface area contributed by atoms with Crippen LogP contribution < -0.4 is 10.1 Å². The zero-order valence-corrected chi connectivity index (χ0v) is 17.8. The Morgan fingerprint density at radius 2 is 1.72 bits per heavy atom. The Kier molecular flexibility index (Phi) is 6.66. The number of benzene rings is 2. The molecule has 0 bridgehead atoms. The van der Waals surface area contributed by atoms with E-state index < -0.39 is 0 Å². The van der Waals surface area contributed by atoms with Crippen LogP contribution in [0.1, 0.15) is 26.3 Å². The minimum absolute atomic E-state index is 0.0308. The van der Waals surface area contributed by atoms with Gasteiger partial charge < -0.3 is 10.1 Å². The maximum atomic E-state index is 12.1. The molecule has 0 spiro atoms. The molecule has 0 heterocycles. The molecule has 2 aromatic rings. The van der Waals surface area contributed by atoms with Crippen molar-refractivity contribution in [3.63, 3.8) is 0 Å². The Bertz CT molecular complexity index is 804. The molecule has 7 heteroatoms. The van der Waals surface area contributed by atoms with Crippen LogP contribution in [0.3, 0.4) is 0 Å².